The zero-order valence-corrected chi connectivity index (χ0v) is 13.7. The summed E-state index contributed by atoms with van der Waals surface area (Å²) in [6.07, 6.45) is 2.93. The Labute approximate surface area is 130 Å². The summed E-state index contributed by atoms with van der Waals surface area (Å²) < 4.78 is 53.5. The number of nitrogens with zero attached hydrogens (tertiary/aromatic N) is 2. The molecule has 0 bridgehead atoms. The van der Waals surface area contributed by atoms with Crippen molar-refractivity contribution >= 4 is 10.2 Å². The van der Waals surface area contributed by atoms with E-state index in [1.54, 1.807) is 0 Å². The summed E-state index contributed by atoms with van der Waals surface area (Å²) in [6, 6.07) is 3.60. The second kappa shape index (κ2) is 7.02. The van der Waals surface area contributed by atoms with E-state index in [0.29, 0.717) is 31.5 Å². The van der Waals surface area contributed by atoms with E-state index in [1.165, 1.54) is 34.8 Å². The van der Waals surface area contributed by atoms with E-state index in [0.717, 1.165) is 18.9 Å². The van der Waals surface area contributed by atoms with Crippen LogP contribution in [0.15, 0.2) is 18.2 Å². The van der Waals surface area contributed by atoms with Gasteiger partial charge in [-0.1, -0.05) is 6.07 Å². The van der Waals surface area contributed by atoms with Gasteiger partial charge in [-0.25, -0.2) is 8.78 Å². The maximum absolute atomic E-state index is 13.6. The molecule has 7 heteroatoms. The fourth-order valence-electron chi connectivity index (χ4n) is 2.79. The van der Waals surface area contributed by atoms with E-state index in [9.17, 15) is 17.2 Å². The molecule has 1 aromatic carbocycles. The maximum atomic E-state index is 13.6. The van der Waals surface area contributed by atoms with Gasteiger partial charge in [-0.15, -0.1) is 0 Å². The van der Waals surface area contributed by atoms with Crippen molar-refractivity contribution in [2.45, 2.75) is 25.7 Å². The Kier molecular flexibility index (Phi) is 5.52. The van der Waals surface area contributed by atoms with E-state index in [4.69, 9.17) is 0 Å². The number of aryl methyl sites for hydroxylation is 1. The highest BCUT2D eigenvalue weighted by Crippen LogP contribution is 2.24. The van der Waals surface area contributed by atoms with Crippen LogP contribution in [-0.4, -0.2) is 44.2 Å². The smallest absolute Gasteiger partial charge is 0.207 e. The summed E-state index contributed by atoms with van der Waals surface area (Å²) in [5, 5.41) is 0. The molecule has 1 aromatic rings. The SMILES string of the molecule is CN(C)S(=O)(=O)N1CCCC(CCc2ccc(F)cc2F)C1. The fraction of sp³-hybridized carbons (Fsp3) is 0.600. The first-order valence-electron chi connectivity index (χ1n) is 7.42. The Morgan fingerprint density at radius 1 is 1.32 bits per heavy atom. The lowest BCUT2D eigenvalue weighted by Crippen LogP contribution is -2.45. The minimum atomic E-state index is -3.39. The Balaban J connectivity index is 1.96. The minimum Gasteiger partial charge on any atom is -0.207 e. The van der Waals surface area contributed by atoms with Crippen LogP contribution in [-0.2, 0) is 16.6 Å². The minimum absolute atomic E-state index is 0.202. The molecule has 0 amide bonds. The lowest BCUT2D eigenvalue weighted by atomic mass is 9.92. The average molecular weight is 332 g/mol. The van der Waals surface area contributed by atoms with Gasteiger partial charge in [-0.3, -0.25) is 0 Å². The molecule has 0 radical (unpaired) electrons. The van der Waals surface area contributed by atoms with E-state index >= 15 is 0 Å². The first kappa shape index (κ1) is 17.3. The summed E-state index contributed by atoms with van der Waals surface area (Å²) in [4.78, 5) is 0. The van der Waals surface area contributed by atoms with Crippen LogP contribution in [0.25, 0.3) is 0 Å². The molecular weight excluding hydrogens is 310 g/mol. The number of hydrogen-bond acceptors (Lipinski definition) is 2. The van der Waals surface area contributed by atoms with Crippen molar-refractivity contribution in [1.29, 1.82) is 0 Å². The van der Waals surface area contributed by atoms with E-state index < -0.39 is 21.8 Å². The molecule has 1 heterocycles. The van der Waals surface area contributed by atoms with Crippen LogP contribution < -0.4 is 0 Å². The summed E-state index contributed by atoms with van der Waals surface area (Å²) >= 11 is 0. The lowest BCUT2D eigenvalue weighted by Gasteiger charge is -2.33. The molecule has 1 saturated heterocycles. The van der Waals surface area contributed by atoms with Crippen molar-refractivity contribution in [3.8, 4) is 0 Å². The number of benzene rings is 1. The number of hydrogen-bond donors (Lipinski definition) is 0. The van der Waals surface area contributed by atoms with Gasteiger partial charge in [0.05, 0.1) is 0 Å². The van der Waals surface area contributed by atoms with Gasteiger partial charge in [0.25, 0.3) is 10.2 Å². The van der Waals surface area contributed by atoms with Gasteiger partial charge in [-0.2, -0.15) is 17.0 Å². The molecule has 0 aliphatic carbocycles. The highest BCUT2D eigenvalue weighted by molar-refractivity contribution is 7.86. The molecule has 2 rings (SSSR count). The Morgan fingerprint density at radius 3 is 2.68 bits per heavy atom. The molecule has 1 aliphatic heterocycles. The standard InChI is InChI=1S/C15H22F2N2O2S/c1-18(2)22(20,21)19-9-3-4-12(11-19)5-6-13-7-8-14(16)10-15(13)17/h7-8,10,12H,3-6,9,11H2,1-2H3. The van der Waals surface area contributed by atoms with Crippen LogP contribution in [0.4, 0.5) is 8.78 Å². The van der Waals surface area contributed by atoms with Crippen molar-refractivity contribution < 1.29 is 17.2 Å². The monoisotopic (exact) mass is 332 g/mol. The Morgan fingerprint density at radius 2 is 2.05 bits per heavy atom. The third kappa shape index (κ3) is 4.02. The molecule has 0 N–H and O–H groups in total. The van der Waals surface area contributed by atoms with Crippen molar-refractivity contribution in [2.75, 3.05) is 27.2 Å². The first-order valence-corrected chi connectivity index (χ1v) is 8.82. The van der Waals surface area contributed by atoms with Crippen LogP contribution in [0.5, 0.6) is 0 Å². The summed E-state index contributed by atoms with van der Waals surface area (Å²) in [7, 11) is -0.345. The quantitative estimate of drug-likeness (QED) is 0.831. The summed E-state index contributed by atoms with van der Waals surface area (Å²) in [5.74, 6) is -0.913. The van der Waals surface area contributed by atoms with Crippen LogP contribution in [0.1, 0.15) is 24.8 Å². The number of halogens is 2. The lowest BCUT2D eigenvalue weighted by molar-refractivity contribution is 0.245. The third-order valence-corrected chi connectivity index (χ3v) is 6.01. The second-order valence-corrected chi connectivity index (χ2v) is 8.07. The molecule has 0 aromatic heterocycles. The zero-order chi connectivity index (χ0) is 16.3. The molecule has 4 nitrogen and oxygen atoms in total. The zero-order valence-electron chi connectivity index (χ0n) is 12.9. The predicted molar refractivity (Wildman–Crippen MR) is 81.6 cm³/mol. The molecule has 1 unspecified atom stereocenters. The first-order chi connectivity index (χ1) is 10.3. The topological polar surface area (TPSA) is 40.6 Å². The van der Waals surface area contributed by atoms with Crippen molar-refractivity contribution in [3.63, 3.8) is 0 Å². The average Bonchev–Trinajstić information content (AvgIpc) is 2.46. The number of rotatable bonds is 5. The van der Waals surface area contributed by atoms with Crippen LogP contribution >= 0.6 is 0 Å². The van der Waals surface area contributed by atoms with Crippen molar-refractivity contribution in [3.05, 3.63) is 35.4 Å². The Hall–Kier alpha value is -1.05. The molecule has 1 aliphatic rings. The molecule has 0 saturated carbocycles. The summed E-state index contributed by atoms with van der Waals surface area (Å²) in [5.41, 5.74) is 0.481. The maximum Gasteiger partial charge on any atom is 0.281 e. The molecular formula is C15H22F2N2O2S. The van der Waals surface area contributed by atoms with Gasteiger partial charge >= 0.3 is 0 Å². The Bertz CT molecular complexity index is 620. The second-order valence-electron chi connectivity index (χ2n) is 5.93. The largest absolute Gasteiger partial charge is 0.281 e. The van der Waals surface area contributed by atoms with Crippen LogP contribution in [0.2, 0.25) is 0 Å². The van der Waals surface area contributed by atoms with Crippen LogP contribution in [0, 0.1) is 17.6 Å². The molecule has 124 valence electrons. The normalized spacial score (nSPS) is 20.5. The van der Waals surface area contributed by atoms with Crippen molar-refractivity contribution in [2.24, 2.45) is 5.92 Å². The van der Waals surface area contributed by atoms with Gasteiger partial charge in [0.2, 0.25) is 0 Å². The summed E-state index contributed by atoms with van der Waals surface area (Å²) in [6.45, 7) is 0.991. The van der Waals surface area contributed by atoms with E-state index in [1.807, 2.05) is 0 Å². The fourth-order valence-corrected chi connectivity index (χ4v) is 4.01. The molecule has 1 atom stereocenters. The van der Waals surface area contributed by atoms with Gasteiger partial charge in [0, 0.05) is 33.3 Å². The predicted octanol–water partition coefficient (Wildman–Crippen LogP) is 2.42. The molecule has 1 fully saturated rings. The molecule has 22 heavy (non-hydrogen) atoms. The van der Waals surface area contributed by atoms with Crippen LogP contribution in [0.3, 0.4) is 0 Å². The highest BCUT2D eigenvalue weighted by Gasteiger charge is 2.30. The van der Waals surface area contributed by atoms with Gasteiger partial charge < -0.3 is 0 Å². The number of piperidine rings is 1. The van der Waals surface area contributed by atoms with E-state index in [2.05, 4.69) is 0 Å². The van der Waals surface area contributed by atoms with Gasteiger partial charge in [0.15, 0.2) is 0 Å². The van der Waals surface area contributed by atoms with E-state index in [-0.39, 0.29) is 5.92 Å². The van der Waals surface area contributed by atoms with Gasteiger partial charge in [-0.05, 0) is 43.2 Å². The highest BCUT2D eigenvalue weighted by atomic mass is 32.2. The van der Waals surface area contributed by atoms with Gasteiger partial charge in [0.1, 0.15) is 11.6 Å². The molecule has 0 spiro atoms. The van der Waals surface area contributed by atoms with Crippen molar-refractivity contribution in [1.82, 2.24) is 8.61 Å². The third-order valence-electron chi connectivity index (χ3n) is 4.11.